The molecule has 3 aromatic rings. The highest BCUT2D eigenvalue weighted by atomic mass is 19.1. The maximum atomic E-state index is 13.3. The van der Waals surface area contributed by atoms with E-state index in [1.54, 1.807) is 6.20 Å². The third-order valence-corrected chi connectivity index (χ3v) is 5.06. The van der Waals surface area contributed by atoms with Gasteiger partial charge in [0.1, 0.15) is 29.6 Å². The molecule has 29 heavy (non-hydrogen) atoms. The van der Waals surface area contributed by atoms with Gasteiger partial charge in [-0.1, -0.05) is 24.3 Å². The zero-order valence-corrected chi connectivity index (χ0v) is 15.9. The maximum absolute atomic E-state index is 13.3. The molecule has 2 heterocycles. The van der Waals surface area contributed by atoms with Crippen LogP contribution in [-0.2, 0) is 13.1 Å². The highest BCUT2D eigenvalue weighted by Crippen LogP contribution is 2.22. The molecule has 5 nitrogen and oxygen atoms in total. The van der Waals surface area contributed by atoms with Crippen LogP contribution in [0, 0.1) is 11.6 Å². The number of β-amino-alcohol motifs (C(OH)–C–C–N with tert-alkyl or cyclic N) is 1. The number of piperidine rings is 1. The number of likely N-dealkylation sites (tertiary alicyclic amines) is 1. The summed E-state index contributed by atoms with van der Waals surface area (Å²) in [5, 5.41) is 14.7. The van der Waals surface area contributed by atoms with Gasteiger partial charge in [0, 0.05) is 50.2 Å². The molecule has 0 saturated carbocycles. The molecule has 1 aliphatic heterocycles. The molecular weight excluding hydrogens is 376 g/mol. The van der Waals surface area contributed by atoms with Gasteiger partial charge in [-0.3, -0.25) is 9.58 Å². The number of rotatable bonds is 6. The van der Waals surface area contributed by atoms with Crippen molar-refractivity contribution in [3.8, 4) is 5.75 Å². The quantitative estimate of drug-likeness (QED) is 0.692. The molecule has 0 radical (unpaired) electrons. The number of halogens is 2. The standard InChI is InChI=1S/C22H23F2N3O2/c23-18-10-19(24)12-20(11-18)29-22-6-9-26(15-21(22)28)13-16-2-4-17(5-3-16)14-27-8-1-7-25-27/h1-5,7-8,10-12,21-22,28H,6,9,13-15H2/t21-,22-/m1/s1. The molecular formula is C22H23F2N3O2. The lowest BCUT2D eigenvalue weighted by Crippen LogP contribution is -2.48. The highest BCUT2D eigenvalue weighted by Gasteiger charge is 2.29. The second-order valence-electron chi connectivity index (χ2n) is 7.37. The summed E-state index contributed by atoms with van der Waals surface area (Å²) in [6, 6.07) is 13.3. The van der Waals surface area contributed by atoms with Gasteiger partial charge >= 0.3 is 0 Å². The van der Waals surface area contributed by atoms with Gasteiger partial charge in [-0.2, -0.15) is 5.10 Å². The topological polar surface area (TPSA) is 50.5 Å². The molecule has 0 bridgehead atoms. The second-order valence-corrected chi connectivity index (χ2v) is 7.37. The molecule has 2 aromatic carbocycles. The number of benzene rings is 2. The first-order valence-electron chi connectivity index (χ1n) is 9.63. The van der Waals surface area contributed by atoms with E-state index in [0.29, 0.717) is 13.0 Å². The van der Waals surface area contributed by atoms with Crippen LogP contribution in [0.3, 0.4) is 0 Å². The molecule has 1 aromatic heterocycles. The summed E-state index contributed by atoms with van der Waals surface area (Å²) in [4.78, 5) is 2.15. The van der Waals surface area contributed by atoms with Gasteiger partial charge in [0.25, 0.3) is 0 Å². The van der Waals surface area contributed by atoms with E-state index in [0.717, 1.165) is 43.4 Å². The van der Waals surface area contributed by atoms with Crippen molar-refractivity contribution in [2.75, 3.05) is 13.1 Å². The summed E-state index contributed by atoms with van der Waals surface area (Å²) in [6.07, 6.45) is 3.06. The maximum Gasteiger partial charge on any atom is 0.129 e. The summed E-state index contributed by atoms with van der Waals surface area (Å²) in [5.41, 5.74) is 2.33. The highest BCUT2D eigenvalue weighted by molar-refractivity contribution is 5.25. The van der Waals surface area contributed by atoms with Crippen molar-refractivity contribution in [1.82, 2.24) is 14.7 Å². The smallest absolute Gasteiger partial charge is 0.129 e. The van der Waals surface area contributed by atoms with E-state index in [1.165, 1.54) is 5.56 Å². The average Bonchev–Trinajstić information content (AvgIpc) is 3.18. The Kier molecular flexibility index (Phi) is 5.87. The van der Waals surface area contributed by atoms with Crippen LogP contribution in [0.5, 0.6) is 5.75 Å². The fraction of sp³-hybridized carbons (Fsp3) is 0.318. The Morgan fingerprint density at radius 2 is 1.72 bits per heavy atom. The fourth-order valence-corrected chi connectivity index (χ4v) is 3.62. The molecule has 1 aliphatic rings. The molecule has 1 saturated heterocycles. The normalized spacial score (nSPS) is 20.0. The summed E-state index contributed by atoms with van der Waals surface area (Å²) in [7, 11) is 0. The van der Waals surface area contributed by atoms with Crippen molar-refractivity contribution in [2.24, 2.45) is 0 Å². The number of nitrogens with zero attached hydrogens (tertiary/aromatic N) is 3. The Labute approximate surface area is 168 Å². The van der Waals surface area contributed by atoms with Gasteiger partial charge in [0.15, 0.2) is 0 Å². The first kappa shape index (κ1) is 19.5. The van der Waals surface area contributed by atoms with Crippen LogP contribution < -0.4 is 4.74 Å². The third kappa shape index (κ3) is 5.19. The van der Waals surface area contributed by atoms with Crippen LogP contribution >= 0.6 is 0 Å². The van der Waals surface area contributed by atoms with Gasteiger partial charge in [-0.15, -0.1) is 0 Å². The Bertz CT molecular complexity index is 911. The van der Waals surface area contributed by atoms with Crippen LogP contribution in [0.2, 0.25) is 0 Å². The van der Waals surface area contributed by atoms with Gasteiger partial charge in [-0.25, -0.2) is 8.78 Å². The zero-order chi connectivity index (χ0) is 20.2. The van der Waals surface area contributed by atoms with Crippen molar-refractivity contribution in [1.29, 1.82) is 0 Å². The largest absolute Gasteiger partial charge is 0.487 e. The van der Waals surface area contributed by atoms with Gasteiger partial charge < -0.3 is 9.84 Å². The number of aliphatic hydroxyl groups is 1. The molecule has 0 amide bonds. The van der Waals surface area contributed by atoms with Crippen LogP contribution in [0.4, 0.5) is 8.78 Å². The van der Waals surface area contributed by atoms with E-state index in [4.69, 9.17) is 4.74 Å². The van der Waals surface area contributed by atoms with E-state index in [-0.39, 0.29) is 5.75 Å². The number of ether oxygens (including phenoxy) is 1. The first-order valence-corrected chi connectivity index (χ1v) is 9.63. The van der Waals surface area contributed by atoms with Crippen LogP contribution in [-0.4, -0.2) is 45.1 Å². The molecule has 0 aliphatic carbocycles. The molecule has 0 unspecified atom stereocenters. The zero-order valence-electron chi connectivity index (χ0n) is 15.9. The molecule has 1 N–H and O–H groups in total. The number of aromatic nitrogens is 2. The van der Waals surface area contributed by atoms with Crippen molar-refractivity contribution < 1.29 is 18.6 Å². The SMILES string of the molecule is O[C@@H]1CN(Cc2ccc(Cn3cccn3)cc2)CC[C@H]1Oc1cc(F)cc(F)c1. The number of hydrogen-bond donors (Lipinski definition) is 1. The van der Waals surface area contributed by atoms with Gasteiger partial charge in [0.05, 0.1) is 6.54 Å². The summed E-state index contributed by atoms with van der Waals surface area (Å²) in [6.45, 7) is 2.63. The number of hydrogen-bond acceptors (Lipinski definition) is 4. The van der Waals surface area contributed by atoms with E-state index in [2.05, 4.69) is 34.3 Å². The van der Waals surface area contributed by atoms with Crippen molar-refractivity contribution >= 4 is 0 Å². The number of aliphatic hydroxyl groups excluding tert-OH is 1. The van der Waals surface area contributed by atoms with Crippen LogP contribution in [0.25, 0.3) is 0 Å². The fourth-order valence-electron chi connectivity index (χ4n) is 3.62. The first-order chi connectivity index (χ1) is 14.0. The van der Waals surface area contributed by atoms with E-state index >= 15 is 0 Å². The monoisotopic (exact) mass is 399 g/mol. The Morgan fingerprint density at radius 1 is 1.03 bits per heavy atom. The molecule has 0 spiro atoms. The summed E-state index contributed by atoms with van der Waals surface area (Å²) < 4.78 is 34.1. The molecule has 152 valence electrons. The molecule has 4 rings (SSSR count). The summed E-state index contributed by atoms with van der Waals surface area (Å²) >= 11 is 0. The van der Waals surface area contributed by atoms with Crippen LogP contribution in [0.1, 0.15) is 17.5 Å². The Balaban J connectivity index is 1.30. The minimum atomic E-state index is -0.728. The lowest BCUT2D eigenvalue weighted by molar-refractivity contribution is -0.0277. The van der Waals surface area contributed by atoms with Crippen molar-refractivity contribution in [3.05, 3.63) is 83.7 Å². The molecule has 7 heteroatoms. The average molecular weight is 399 g/mol. The van der Waals surface area contributed by atoms with E-state index in [9.17, 15) is 13.9 Å². The summed E-state index contributed by atoms with van der Waals surface area (Å²) in [5.74, 6) is -1.28. The molecule has 1 fully saturated rings. The van der Waals surface area contributed by atoms with E-state index in [1.807, 2.05) is 16.9 Å². The van der Waals surface area contributed by atoms with Crippen molar-refractivity contribution in [2.45, 2.75) is 31.7 Å². The predicted molar refractivity (Wildman–Crippen MR) is 104 cm³/mol. The van der Waals surface area contributed by atoms with Gasteiger partial charge in [-0.05, 0) is 23.6 Å². The second kappa shape index (κ2) is 8.71. The lowest BCUT2D eigenvalue weighted by Gasteiger charge is -2.36. The minimum Gasteiger partial charge on any atom is -0.487 e. The Hall–Kier alpha value is -2.77. The minimum absolute atomic E-state index is 0.104. The predicted octanol–water partition coefficient (Wildman–Crippen LogP) is 3.22. The van der Waals surface area contributed by atoms with Gasteiger partial charge in [0.2, 0.25) is 0 Å². The Morgan fingerprint density at radius 3 is 2.34 bits per heavy atom. The molecule has 2 atom stereocenters. The van der Waals surface area contributed by atoms with Crippen LogP contribution in [0.15, 0.2) is 60.9 Å². The lowest BCUT2D eigenvalue weighted by atomic mass is 10.0. The third-order valence-electron chi connectivity index (χ3n) is 5.06. The van der Waals surface area contributed by atoms with Crippen molar-refractivity contribution in [3.63, 3.8) is 0 Å². The van der Waals surface area contributed by atoms with E-state index < -0.39 is 23.8 Å².